The number of nitrogens with one attached hydrogen (secondary N) is 2. The molecular weight excluding hydrogens is 653 g/mol. The van der Waals surface area contributed by atoms with Crippen LogP contribution < -0.4 is 15.4 Å². The van der Waals surface area contributed by atoms with Crippen LogP contribution >= 0.6 is 21.6 Å². The van der Waals surface area contributed by atoms with Crippen LogP contribution in [0.3, 0.4) is 0 Å². The Kier molecular flexibility index (Phi) is 16.0. The van der Waals surface area contributed by atoms with Crippen LogP contribution in [0.25, 0.3) is 11.0 Å². The summed E-state index contributed by atoms with van der Waals surface area (Å²) in [6.45, 7) is 3.72. The van der Waals surface area contributed by atoms with E-state index in [1.165, 1.54) is 18.6 Å². The van der Waals surface area contributed by atoms with E-state index in [1.807, 2.05) is 40.6 Å². The average Bonchev–Trinajstić information content (AvgIpc) is 3.40. The van der Waals surface area contributed by atoms with Crippen LogP contribution in [0.4, 0.5) is 0 Å². The monoisotopic (exact) mass is 700 g/mol. The van der Waals surface area contributed by atoms with Crippen molar-refractivity contribution in [1.29, 1.82) is 0 Å². The second-order valence-corrected chi connectivity index (χ2v) is 15.1. The summed E-state index contributed by atoms with van der Waals surface area (Å²) < 4.78 is 16.3. The van der Waals surface area contributed by atoms with Gasteiger partial charge in [0.2, 0.25) is 11.8 Å². The Morgan fingerprint density at radius 3 is 2.69 bits per heavy atom. The summed E-state index contributed by atoms with van der Waals surface area (Å²) in [4.78, 5) is 38.3. The van der Waals surface area contributed by atoms with Gasteiger partial charge in [0.1, 0.15) is 17.9 Å². The van der Waals surface area contributed by atoms with E-state index in [2.05, 4.69) is 37.1 Å². The van der Waals surface area contributed by atoms with Crippen molar-refractivity contribution in [3.05, 3.63) is 17.7 Å². The maximum Gasteiger partial charge on any atom is 0.223 e. The molecule has 48 heavy (non-hydrogen) atoms. The third kappa shape index (κ3) is 13.0. The van der Waals surface area contributed by atoms with Crippen molar-refractivity contribution in [2.45, 2.75) is 101 Å². The molecular formula is C34H48N6O6S2. The van der Waals surface area contributed by atoms with Crippen molar-refractivity contribution in [2.24, 2.45) is 16.1 Å². The zero-order chi connectivity index (χ0) is 34.0. The summed E-state index contributed by atoms with van der Waals surface area (Å²) in [5.74, 6) is 3.86. The number of hydrogen-bond donors (Lipinski definition) is 2. The fourth-order valence-corrected chi connectivity index (χ4v) is 8.58. The number of terminal acetylenes is 1. The largest absolute Gasteiger partial charge is 0.489 e. The Balaban J connectivity index is 1.12. The van der Waals surface area contributed by atoms with E-state index >= 15 is 0 Å². The Hall–Kier alpha value is -3.15. The van der Waals surface area contributed by atoms with E-state index in [0.29, 0.717) is 88.2 Å². The number of ether oxygens (including phenoxy) is 2. The van der Waals surface area contributed by atoms with Crippen molar-refractivity contribution in [3.8, 4) is 18.1 Å². The quantitative estimate of drug-likeness (QED) is 0.0718. The molecule has 2 aliphatic heterocycles. The van der Waals surface area contributed by atoms with Gasteiger partial charge in [0.25, 0.3) is 0 Å². The summed E-state index contributed by atoms with van der Waals surface area (Å²) in [6.07, 6.45) is 14.6. The second-order valence-electron chi connectivity index (χ2n) is 12.3. The average molecular weight is 701 g/mol. The first kappa shape index (κ1) is 37.7. The van der Waals surface area contributed by atoms with Gasteiger partial charge in [-0.25, -0.2) is 4.63 Å². The van der Waals surface area contributed by atoms with Gasteiger partial charge >= 0.3 is 0 Å². The zero-order valence-corrected chi connectivity index (χ0v) is 29.5. The molecule has 0 bridgehead atoms. The van der Waals surface area contributed by atoms with Crippen LogP contribution in [0.2, 0.25) is 0 Å². The van der Waals surface area contributed by atoms with Gasteiger partial charge in [-0.05, 0) is 61.0 Å². The molecule has 12 nitrogen and oxygen atoms in total. The van der Waals surface area contributed by atoms with E-state index in [1.54, 1.807) is 0 Å². The fourth-order valence-electron chi connectivity index (χ4n) is 5.55. The first-order valence-electron chi connectivity index (χ1n) is 17.0. The molecule has 1 aromatic heterocycles. The van der Waals surface area contributed by atoms with Gasteiger partial charge in [-0.1, -0.05) is 40.5 Å². The van der Waals surface area contributed by atoms with Crippen molar-refractivity contribution in [3.63, 3.8) is 0 Å². The number of carbonyl (C=O) groups excluding carboxylic acids is 3. The van der Waals surface area contributed by atoms with Crippen LogP contribution in [0.5, 0.6) is 5.75 Å². The lowest BCUT2D eigenvalue weighted by molar-refractivity contribution is -0.130. The number of ketones is 1. The highest BCUT2D eigenvalue weighted by molar-refractivity contribution is 8.77. The maximum absolute atomic E-state index is 13.2. The molecule has 1 unspecified atom stereocenters. The van der Waals surface area contributed by atoms with E-state index in [-0.39, 0.29) is 24.0 Å². The summed E-state index contributed by atoms with van der Waals surface area (Å²) in [5, 5.41) is 22.7. The summed E-state index contributed by atoms with van der Waals surface area (Å²) in [7, 11) is 3.93. The third-order valence-corrected chi connectivity index (χ3v) is 11.5. The highest BCUT2D eigenvalue weighted by Crippen LogP contribution is 2.40. The zero-order valence-electron chi connectivity index (χ0n) is 27.9. The van der Waals surface area contributed by atoms with Crippen molar-refractivity contribution >= 4 is 50.2 Å². The van der Waals surface area contributed by atoms with E-state index in [0.717, 1.165) is 36.5 Å². The molecule has 1 aromatic carbocycles. The number of fused-ring (bicyclic) bond motifs is 1. The number of benzene rings is 1. The highest BCUT2D eigenvalue weighted by atomic mass is 33.1. The number of amides is 2. The predicted molar refractivity (Wildman–Crippen MR) is 188 cm³/mol. The molecule has 3 heterocycles. The Bertz CT molecular complexity index is 1400. The molecule has 2 N–H and O–H groups in total. The van der Waals surface area contributed by atoms with Crippen molar-refractivity contribution in [2.75, 3.05) is 38.7 Å². The van der Waals surface area contributed by atoms with E-state index in [4.69, 9.17) is 20.5 Å². The molecule has 2 aliphatic rings. The van der Waals surface area contributed by atoms with Crippen LogP contribution in [0.15, 0.2) is 27.0 Å². The summed E-state index contributed by atoms with van der Waals surface area (Å²) in [6, 6.07) is 3.71. The first-order chi connectivity index (χ1) is 23.4. The number of aryl methyl sites for hydroxylation is 1. The molecule has 0 radical (unpaired) electrons. The molecule has 1 saturated heterocycles. The maximum atomic E-state index is 13.2. The molecule has 1 fully saturated rings. The summed E-state index contributed by atoms with van der Waals surface area (Å²) in [5.41, 5.74) is 1.65. The molecule has 2 aromatic rings. The van der Waals surface area contributed by atoms with Crippen molar-refractivity contribution in [1.82, 2.24) is 20.9 Å². The molecule has 2 atom stereocenters. The van der Waals surface area contributed by atoms with E-state index < -0.39 is 11.6 Å². The second kappa shape index (κ2) is 20.4. The molecule has 0 saturated carbocycles. The number of hydrogen-bond acceptors (Lipinski definition) is 12. The van der Waals surface area contributed by atoms with E-state index in [9.17, 15) is 14.4 Å². The minimum absolute atomic E-state index is 0.0105. The molecule has 14 heteroatoms. The van der Waals surface area contributed by atoms with Gasteiger partial charge in [0.15, 0.2) is 16.9 Å². The standard InChI is InChI=1S/C34H48N6O6S2/c1-3-4-16-34(39-40-34)17-14-27(41)24-26(9-7-8-18-35-30(42)11-6-5-10-28-15-23-47-48-28)33(43)36-19-20-44-21-22-45-29-13-12-25(2)31-32(29)38-46-37-31/h1,12-13,26,28H,4-11,14-24H2,2H3,(H,35,42)(H,36,43)/t26-,28?/m1/s1. The number of carbonyl (C=O) groups is 3. The fraction of sp³-hybridized carbons (Fsp3) is 0.676. The minimum Gasteiger partial charge on any atom is -0.489 e. The third-order valence-electron chi connectivity index (χ3n) is 8.52. The van der Waals surface area contributed by atoms with Gasteiger partial charge in [0.05, 0.1) is 13.2 Å². The Labute approximate surface area is 290 Å². The lowest BCUT2D eigenvalue weighted by Gasteiger charge is -2.17. The lowest BCUT2D eigenvalue weighted by atomic mass is 9.92. The van der Waals surface area contributed by atoms with Crippen molar-refractivity contribution < 1.29 is 28.5 Å². The number of Topliss-reactive ketones (excluding diaryl/α,β-unsaturated/α-hetero) is 1. The summed E-state index contributed by atoms with van der Waals surface area (Å²) >= 11 is 0. The van der Waals surface area contributed by atoms with Gasteiger partial charge in [-0.2, -0.15) is 10.2 Å². The molecule has 262 valence electrons. The first-order valence-corrected chi connectivity index (χ1v) is 19.4. The Morgan fingerprint density at radius 2 is 1.90 bits per heavy atom. The molecule has 0 aliphatic carbocycles. The number of rotatable bonds is 25. The van der Waals surface area contributed by atoms with Crippen LogP contribution in [0.1, 0.15) is 89.0 Å². The van der Waals surface area contributed by atoms with Crippen LogP contribution in [-0.2, 0) is 19.1 Å². The van der Waals surface area contributed by atoms with Crippen LogP contribution in [-0.4, -0.2) is 77.5 Å². The number of nitrogens with zero attached hydrogens (tertiary/aromatic N) is 4. The van der Waals surface area contributed by atoms with Gasteiger partial charge in [-0.15, -0.1) is 12.3 Å². The Morgan fingerprint density at radius 1 is 1.04 bits per heavy atom. The van der Waals surface area contributed by atoms with Crippen LogP contribution in [0, 0.1) is 25.2 Å². The highest BCUT2D eigenvalue weighted by Gasteiger charge is 2.39. The topological polar surface area (TPSA) is 157 Å². The minimum atomic E-state index is -0.523. The normalized spacial score (nSPS) is 16.8. The number of aromatic nitrogens is 2. The molecule has 0 spiro atoms. The lowest BCUT2D eigenvalue weighted by Crippen LogP contribution is -2.35. The predicted octanol–water partition coefficient (Wildman–Crippen LogP) is 5.97. The number of unbranched alkanes of at least 4 members (excludes halogenated alkanes) is 2. The molecule has 2 amide bonds. The molecule has 4 rings (SSSR count). The smallest absolute Gasteiger partial charge is 0.223 e. The van der Waals surface area contributed by atoms with Gasteiger partial charge < -0.3 is 20.1 Å². The van der Waals surface area contributed by atoms with Gasteiger partial charge in [0, 0.05) is 68.5 Å². The van der Waals surface area contributed by atoms with Gasteiger partial charge in [-0.3, -0.25) is 14.4 Å². The SMILES string of the molecule is C#CCCC1(CCC(=O)C[C@@H](CCCCNC(=O)CCCCC2CCSS2)C(=O)NCCOCCOc2ccc(C)c3nonc23)N=N1.